The average Bonchev–Trinajstić information content (AvgIpc) is 2.74. The summed E-state index contributed by atoms with van der Waals surface area (Å²) < 4.78 is 0.232. The highest BCUT2D eigenvalue weighted by atomic mass is 32.2. The van der Waals surface area contributed by atoms with E-state index in [2.05, 4.69) is 0 Å². The van der Waals surface area contributed by atoms with Crippen molar-refractivity contribution in [2.45, 2.75) is 13.0 Å². The lowest BCUT2D eigenvalue weighted by Crippen LogP contribution is -2.48. The molecular weight excluding hydrogens is 306 g/mol. The van der Waals surface area contributed by atoms with Crippen LogP contribution in [0.15, 0.2) is 47.4 Å². The van der Waals surface area contributed by atoms with Gasteiger partial charge in [-0.15, -0.1) is 0 Å². The molecule has 1 aromatic rings. The summed E-state index contributed by atoms with van der Waals surface area (Å²) in [7, 11) is 0. The number of thioether (sulfide) groups is 1. The number of thiocarbonyl (C=S) groups is 1. The highest BCUT2D eigenvalue weighted by Crippen LogP contribution is 2.32. The molecule has 1 fully saturated rings. The summed E-state index contributed by atoms with van der Waals surface area (Å²) >= 11 is 6.14. The van der Waals surface area contributed by atoms with Gasteiger partial charge in [-0.3, -0.25) is 9.69 Å². The number of carbonyl (C=O) groups is 2. The molecule has 1 unspecified atom stereocenters. The van der Waals surface area contributed by atoms with E-state index >= 15 is 0 Å². The number of aliphatic carboxylic acids is 1. The lowest BCUT2D eigenvalue weighted by Gasteiger charge is -2.23. The van der Waals surface area contributed by atoms with Crippen molar-refractivity contribution in [3.05, 3.63) is 53.0 Å². The van der Waals surface area contributed by atoms with E-state index in [0.717, 1.165) is 22.2 Å². The second-order valence-corrected chi connectivity index (χ2v) is 6.01. The maximum Gasteiger partial charge on any atom is 0.266 e. The van der Waals surface area contributed by atoms with Crippen LogP contribution in [0.25, 0.3) is 6.08 Å². The summed E-state index contributed by atoms with van der Waals surface area (Å²) in [5, 5.41) is 10.9. The molecular formula is C15H12NO3S2-. The maximum absolute atomic E-state index is 12.1. The number of carboxylic acid groups (broad SMARTS) is 1. The molecule has 0 aliphatic carbocycles. The Morgan fingerprint density at radius 1 is 1.38 bits per heavy atom. The van der Waals surface area contributed by atoms with Crippen LogP contribution in [0.2, 0.25) is 0 Å². The van der Waals surface area contributed by atoms with E-state index < -0.39 is 17.9 Å². The van der Waals surface area contributed by atoms with E-state index in [-0.39, 0.29) is 4.32 Å². The van der Waals surface area contributed by atoms with Crippen molar-refractivity contribution in [2.24, 2.45) is 0 Å². The summed E-state index contributed by atoms with van der Waals surface area (Å²) in [6.45, 7) is 1.38. The number of carbonyl (C=O) groups excluding carboxylic acids is 2. The van der Waals surface area contributed by atoms with Crippen LogP contribution in [0.3, 0.4) is 0 Å². The molecule has 1 aromatic carbocycles. The van der Waals surface area contributed by atoms with Crippen molar-refractivity contribution in [3.63, 3.8) is 0 Å². The van der Waals surface area contributed by atoms with Crippen molar-refractivity contribution in [3.8, 4) is 0 Å². The predicted molar refractivity (Wildman–Crippen MR) is 85.1 cm³/mol. The van der Waals surface area contributed by atoms with Crippen LogP contribution in [-0.2, 0) is 9.59 Å². The predicted octanol–water partition coefficient (Wildman–Crippen LogP) is 1.58. The first-order valence-electron chi connectivity index (χ1n) is 6.20. The summed E-state index contributed by atoms with van der Waals surface area (Å²) in [6.07, 6.45) is 5.23. The van der Waals surface area contributed by atoms with Crippen LogP contribution in [0.1, 0.15) is 12.5 Å². The second kappa shape index (κ2) is 6.69. The zero-order valence-corrected chi connectivity index (χ0v) is 12.8. The van der Waals surface area contributed by atoms with Crippen LogP contribution in [0.5, 0.6) is 0 Å². The van der Waals surface area contributed by atoms with Gasteiger partial charge in [0.05, 0.1) is 16.9 Å². The standard InChI is InChI=1S/C15H13NO3S2/c1-10(14(18)19)16-13(17)12(21-15(16)20)9-5-8-11-6-3-2-4-7-11/h2-10H,1H3,(H,18,19)/p-1. The highest BCUT2D eigenvalue weighted by Gasteiger charge is 2.35. The zero-order chi connectivity index (χ0) is 15.4. The SMILES string of the molecule is CC(C(=O)[O-])N1C(=O)C(=CC=Cc2ccccc2)SC1=S. The first-order chi connectivity index (χ1) is 10.0. The summed E-state index contributed by atoms with van der Waals surface area (Å²) in [5.41, 5.74) is 1.01. The van der Waals surface area contributed by atoms with Gasteiger partial charge in [-0.1, -0.05) is 66.5 Å². The van der Waals surface area contributed by atoms with Gasteiger partial charge in [0.1, 0.15) is 4.32 Å². The third kappa shape index (κ3) is 3.59. The summed E-state index contributed by atoms with van der Waals surface area (Å²) in [4.78, 5) is 24.5. The number of allylic oxidation sites excluding steroid dienone is 2. The molecule has 1 amide bonds. The van der Waals surface area contributed by atoms with E-state index in [1.165, 1.54) is 6.92 Å². The average molecular weight is 318 g/mol. The van der Waals surface area contributed by atoms with E-state index in [4.69, 9.17) is 12.2 Å². The maximum atomic E-state index is 12.1. The Morgan fingerprint density at radius 3 is 2.67 bits per heavy atom. The monoisotopic (exact) mass is 318 g/mol. The topological polar surface area (TPSA) is 60.4 Å². The van der Waals surface area contributed by atoms with Crippen molar-refractivity contribution in [2.75, 3.05) is 0 Å². The van der Waals surface area contributed by atoms with Gasteiger partial charge in [0.25, 0.3) is 5.91 Å². The smallest absolute Gasteiger partial charge is 0.266 e. The first-order valence-corrected chi connectivity index (χ1v) is 7.43. The van der Waals surface area contributed by atoms with Crippen LogP contribution in [0.4, 0.5) is 0 Å². The molecule has 1 heterocycles. The van der Waals surface area contributed by atoms with E-state index in [0.29, 0.717) is 4.91 Å². The number of rotatable bonds is 4. The van der Waals surface area contributed by atoms with Crippen LogP contribution in [0, 0.1) is 0 Å². The van der Waals surface area contributed by atoms with Gasteiger partial charge in [0.15, 0.2) is 0 Å². The van der Waals surface area contributed by atoms with Gasteiger partial charge in [-0.05, 0) is 18.6 Å². The number of carboxylic acids is 1. The van der Waals surface area contributed by atoms with Crippen molar-refractivity contribution >= 4 is 46.3 Å². The molecule has 108 valence electrons. The van der Waals surface area contributed by atoms with Crippen LogP contribution in [-0.4, -0.2) is 27.1 Å². The van der Waals surface area contributed by atoms with E-state index in [9.17, 15) is 14.7 Å². The third-order valence-corrected chi connectivity index (χ3v) is 4.24. The molecule has 0 N–H and O–H groups in total. The number of hydrogen-bond donors (Lipinski definition) is 0. The van der Waals surface area contributed by atoms with Crippen LogP contribution >= 0.6 is 24.0 Å². The highest BCUT2D eigenvalue weighted by molar-refractivity contribution is 8.26. The molecule has 6 heteroatoms. The zero-order valence-electron chi connectivity index (χ0n) is 11.2. The Kier molecular flexibility index (Phi) is 4.93. The molecule has 0 saturated carbocycles. The van der Waals surface area contributed by atoms with Crippen molar-refractivity contribution in [1.82, 2.24) is 4.90 Å². The number of benzene rings is 1. The molecule has 21 heavy (non-hydrogen) atoms. The fourth-order valence-corrected chi connectivity index (χ4v) is 3.11. The van der Waals surface area contributed by atoms with Crippen molar-refractivity contribution < 1.29 is 14.7 Å². The molecule has 1 saturated heterocycles. The quantitative estimate of drug-likeness (QED) is 0.623. The largest absolute Gasteiger partial charge is 0.548 e. The molecule has 0 radical (unpaired) electrons. The fraction of sp³-hybridized carbons (Fsp3) is 0.133. The molecule has 2 rings (SSSR count). The first kappa shape index (κ1) is 15.5. The number of hydrogen-bond acceptors (Lipinski definition) is 5. The molecule has 0 spiro atoms. The minimum atomic E-state index is -1.33. The Labute approximate surface area is 132 Å². The molecule has 1 aliphatic rings. The van der Waals surface area contributed by atoms with Gasteiger partial charge in [-0.25, -0.2) is 0 Å². The minimum absolute atomic E-state index is 0.232. The Bertz CT molecular complexity index is 638. The van der Waals surface area contributed by atoms with E-state index in [1.807, 2.05) is 36.4 Å². The van der Waals surface area contributed by atoms with Gasteiger partial charge >= 0.3 is 0 Å². The lowest BCUT2D eigenvalue weighted by molar-refractivity contribution is -0.309. The van der Waals surface area contributed by atoms with Crippen LogP contribution < -0.4 is 5.11 Å². The van der Waals surface area contributed by atoms with Gasteiger partial charge in [0.2, 0.25) is 0 Å². The fourth-order valence-electron chi connectivity index (χ4n) is 1.74. The Balaban J connectivity index is 2.14. The number of amides is 1. The van der Waals surface area contributed by atoms with Gasteiger partial charge in [0, 0.05) is 0 Å². The summed E-state index contributed by atoms with van der Waals surface area (Å²) in [5.74, 6) is -1.73. The normalized spacial score (nSPS) is 18.7. The minimum Gasteiger partial charge on any atom is -0.548 e. The third-order valence-electron chi connectivity index (χ3n) is 2.89. The van der Waals surface area contributed by atoms with Gasteiger partial charge in [-0.2, -0.15) is 0 Å². The second-order valence-electron chi connectivity index (χ2n) is 4.34. The Hall–Kier alpha value is -1.92. The molecule has 1 aliphatic heterocycles. The molecule has 0 aromatic heterocycles. The lowest BCUT2D eigenvalue weighted by atomic mass is 10.2. The Morgan fingerprint density at radius 2 is 2.05 bits per heavy atom. The van der Waals surface area contributed by atoms with E-state index in [1.54, 1.807) is 12.2 Å². The molecule has 0 bridgehead atoms. The summed E-state index contributed by atoms with van der Waals surface area (Å²) in [6, 6.07) is 8.56. The van der Waals surface area contributed by atoms with Crippen molar-refractivity contribution in [1.29, 1.82) is 0 Å². The van der Waals surface area contributed by atoms with Gasteiger partial charge < -0.3 is 9.90 Å². The number of nitrogens with zero attached hydrogens (tertiary/aromatic N) is 1. The molecule has 4 nitrogen and oxygen atoms in total. The molecule has 1 atom stereocenters.